The number of alkyl halides is 1. The summed E-state index contributed by atoms with van der Waals surface area (Å²) in [4.78, 5) is 0. The summed E-state index contributed by atoms with van der Waals surface area (Å²) < 4.78 is 38.4. The first-order valence-corrected chi connectivity index (χ1v) is 12.4. The van der Waals surface area contributed by atoms with Crippen LogP contribution in [-0.4, -0.2) is 54.1 Å². The smallest absolute Gasteiger partial charge is 0.186 e. The molecule has 0 aliphatic carbocycles. The molecule has 2 aliphatic rings. The van der Waals surface area contributed by atoms with Gasteiger partial charge < -0.3 is 28.4 Å². The Hall–Kier alpha value is -1.07. The Morgan fingerprint density at radius 3 is 1.94 bits per heavy atom. The molecule has 0 amide bonds. The second kappa shape index (κ2) is 10.5. The lowest BCUT2D eigenvalue weighted by atomic mass is 9.84. The van der Waals surface area contributed by atoms with E-state index in [1.165, 1.54) is 0 Å². The highest BCUT2D eigenvalue weighted by molar-refractivity contribution is 14.1. The number of hydrogen-bond donors (Lipinski definition) is 0. The highest BCUT2D eigenvalue weighted by Gasteiger charge is 2.64. The third kappa shape index (κ3) is 5.19. The van der Waals surface area contributed by atoms with Crippen molar-refractivity contribution in [2.75, 3.05) is 18.1 Å². The minimum absolute atomic E-state index is 0.238. The maximum Gasteiger partial charge on any atom is 0.186 e. The third-order valence-corrected chi connectivity index (χ3v) is 6.74. The average Bonchev–Trinajstić information content (AvgIpc) is 3.13. The molecule has 0 radical (unpaired) electrons. The fourth-order valence-corrected chi connectivity index (χ4v) is 5.06. The number of hydrogen-bond acceptors (Lipinski definition) is 6. The summed E-state index contributed by atoms with van der Waals surface area (Å²) in [6.07, 6.45) is -1.77. The summed E-state index contributed by atoms with van der Waals surface area (Å²) in [7, 11) is 1.63. The standard InChI is InChI=1S/C25H31IO6/c1-24(2)30-17-25(32-24)21(28-15-18-10-6-4-7-11-18)20(14-26)31-23(27-3)22(25)29-16-19-12-8-5-9-13-19/h4-13,20-23H,14-17H2,1-3H3/t20-,21-,22+,23+,25+/m1/s1. The van der Waals surface area contributed by atoms with Crippen molar-refractivity contribution < 1.29 is 28.4 Å². The van der Waals surface area contributed by atoms with Gasteiger partial charge in [0.05, 0.1) is 25.9 Å². The number of benzene rings is 2. The van der Waals surface area contributed by atoms with E-state index in [9.17, 15) is 0 Å². The van der Waals surface area contributed by atoms with E-state index in [2.05, 4.69) is 22.6 Å². The summed E-state index contributed by atoms with van der Waals surface area (Å²) in [5.74, 6) is -0.770. The summed E-state index contributed by atoms with van der Waals surface area (Å²) in [5.41, 5.74) is 1.28. The summed E-state index contributed by atoms with van der Waals surface area (Å²) in [5, 5.41) is 0. The summed E-state index contributed by atoms with van der Waals surface area (Å²) >= 11 is 2.32. The van der Waals surface area contributed by atoms with Crippen molar-refractivity contribution in [1.82, 2.24) is 0 Å². The van der Waals surface area contributed by atoms with Crippen molar-refractivity contribution >= 4 is 22.6 Å². The van der Waals surface area contributed by atoms with E-state index in [4.69, 9.17) is 28.4 Å². The molecule has 2 heterocycles. The Labute approximate surface area is 203 Å². The van der Waals surface area contributed by atoms with Crippen LogP contribution in [-0.2, 0) is 41.6 Å². The van der Waals surface area contributed by atoms with Crippen LogP contribution in [0.1, 0.15) is 25.0 Å². The van der Waals surface area contributed by atoms with Gasteiger partial charge in [-0.25, -0.2) is 0 Å². The van der Waals surface area contributed by atoms with Gasteiger partial charge in [0, 0.05) is 11.5 Å². The quantitative estimate of drug-likeness (QED) is 0.355. The van der Waals surface area contributed by atoms with Crippen LogP contribution in [0, 0.1) is 0 Å². The molecule has 2 aromatic rings. The van der Waals surface area contributed by atoms with E-state index in [0.29, 0.717) is 24.2 Å². The maximum atomic E-state index is 6.61. The molecule has 174 valence electrons. The predicted molar refractivity (Wildman–Crippen MR) is 128 cm³/mol. The highest BCUT2D eigenvalue weighted by Crippen LogP contribution is 2.45. The van der Waals surface area contributed by atoms with Gasteiger partial charge in [-0.2, -0.15) is 0 Å². The largest absolute Gasteiger partial charge is 0.368 e. The number of rotatable bonds is 8. The van der Waals surface area contributed by atoms with Crippen LogP contribution >= 0.6 is 22.6 Å². The van der Waals surface area contributed by atoms with Crippen LogP contribution in [0.2, 0.25) is 0 Å². The second-order valence-corrected chi connectivity index (χ2v) is 9.49. The maximum absolute atomic E-state index is 6.61. The molecule has 2 fully saturated rings. The Morgan fingerprint density at radius 2 is 1.47 bits per heavy atom. The van der Waals surface area contributed by atoms with Crippen LogP contribution in [0.4, 0.5) is 0 Å². The van der Waals surface area contributed by atoms with Gasteiger partial charge in [-0.3, -0.25) is 0 Å². The molecular weight excluding hydrogens is 523 g/mol. The zero-order valence-electron chi connectivity index (χ0n) is 18.7. The molecule has 0 aromatic heterocycles. The van der Waals surface area contributed by atoms with Gasteiger partial charge >= 0.3 is 0 Å². The summed E-state index contributed by atoms with van der Waals surface area (Å²) in [6, 6.07) is 20.2. The lowest BCUT2D eigenvalue weighted by molar-refractivity contribution is -0.346. The molecule has 4 rings (SSSR count). The van der Waals surface area contributed by atoms with E-state index in [1.807, 2.05) is 74.5 Å². The molecule has 0 bridgehead atoms. The highest BCUT2D eigenvalue weighted by atomic mass is 127. The van der Waals surface area contributed by atoms with Gasteiger partial charge in [0.2, 0.25) is 0 Å². The van der Waals surface area contributed by atoms with E-state index in [0.717, 1.165) is 11.1 Å². The third-order valence-electron chi connectivity index (χ3n) is 5.87. The molecule has 2 aliphatic heterocycles. The topological polar surface area (TPSA) is 55.4 Å². The molecule has 2 aromatic carbocycles. The Bertz CT molecular complexity index is 789. The van der Waals surface area contributed by atoms with Crippen molar-refractivity contribution in [2.45, 2.75) is 63.1 Å². The number of halogens is 1. The first-order valence-electron chi connectivity index (χ1n) is 10.9. The zero-order chi connectivity index (χ0) is 22.6. The molecule has 6 nitrogen and oxygen atoms in total. The average molecular weight is 554 g/mol. The van der Waals surface area contributed by atoms with Crippen LogP contribution in [0.25, 0.3) is 0 Å². The fraction of sp³-hybridized carbons (Fsp3) is 0.520. The van der Waals surface area contributed by atoms with Gasteiger partial charge in [-0.1, -0.05) is 83.3 Å². The van der Waals surface area contributed by atoms with E-state index >= 15 is 0 Å². The minimum Gasteiger partial charge on any atom is -0.368 e. The molecule has 5 atom stereocenters. The summed E-state index contributed by atoms with van der Waals surface area (Å²) in [6.45, 7) is 5.01. The van der Waals surface area contributed by atoms with Gasteiger partial charge in [-0.05, 0) is 25.0 Å². The second-order valence-electron chi connectivity index (χ2n) is 8.61. The van der Waals surface area contributed by atoms with Crippen molar-refractivity contribution in [3.05, 3.63) is 71.8 Å². The Morgan fingerprint density at radius 1 is 0.906 bits per heavy atom. The lowest BCUT2D eigenvalue weighted by Crippen LogP contribution is -2.70. The van der Waals surface area contributed by atoms with Crippen molar-refractivity contribution in [3.8, 4) is 0 Å². The predicted octanol–water partition coefficient (Wildman–Crippen LogP) is 4.49. The van der Waals surface area contributed by atoms with Crippen LogP contribution in [0.5, 0.6) is 0 Å². The van der Waals surface area contributed by atoms with Crippen LogP contribution in [0.15, 0.2) is 60.7 Å². The van der Waals surface area contributed by atoms with E-state index < -0.39 is 29.9 Å². The first kappa shape index (κ1) is 24.1. The first-order chi connectivity index (χ1) is 15.5. The SMILES string of the molecule is CO[C@H]1O[C@H](CI)[C@@H](OCc2ccccc2)[C@@]2(COC(C)(C)O2)[C@H]1OCc1ccccc1. The molecule has 2 saturated heterocycles. The van der Waals surface area contributed by atoms with Gasteiger partial charge in [0.15, 0.2) is 17.7 Å². The molecule has 0 unspecified atom stereocenters. The van der Waals surface area contributed by atoms with Crippen molar-refractivity contribution in [2.24, 2.45) is 0 Å². The molecule has 0 N–H and O–H groups in total. The number of methoxy groups -OCH3 is 1. The zero-order valence-corrected chi connectivity index (χ0v) is 20.9. The van der Waals surface area contributed by atoms with Crippen molar-refractivity contribution in [1.29, 1.82) is 0 Å². The Balaban J connectivity index is 1.64. The van der Waals surface area contributed by atoms with Crippen LogP contribution in [0.3, 0.4) is 0 Å². The van der Waals surface area contributed by atoms with Gasteiger partial charge in [0.1, 0.15) is 12.2 Å². The molecular formula is C25H31IO6. The van der Waals surface area contributed by atoms with E-state index in [1.54, 1.807) is 7.11 Å². The normalized spacial score (nSPS) is 31.8. The minimum atomic E-state index is -0.873. The fourth-order valence-electron chi connectivity index (χ4n) is 4.39. The number of ether oxygens (including phenoxy) is 6. The molecule has 1 spiro atoms. The van der Waals surface area contributed by atoms with Crippen molar-refractivity contribution in [3.63, 3.8) is 0 Å². The van der Waals surface area contributed by atoms with Gasteiger partial charge in [0.25, 0.3) is 0 Å². The molecule has 0 saturated carbocycles. The lowest BCUT2D eigenvalue weighted by Gasteiger charge is -2.51. The molecule has 32 heavy (non-hydrogen) atoms. The Kier molecular flexibility index (Phi) is 7.87. The van der Waals surface area contributed by atoms with E-state index in [-0.39, 0.29) is 6.10 Å². The van der Waals surface area contributed by atoms with Gasteiger partial charge in [-0.15, -0.1) is 0 Å². The molecule has 7 heteroatoms. The monoisotopic (exact) mass is 554 g/mol. The van der Waals surface area contributed by atoms with Crippen LogP contribution < -0.4 is 0 Å².